The molecule has 106 valence electrons. The fraction of sp³-hybridized carbons (Fsp3) is 0.500. The molecular formula is C16H21N3O. The topological polar surface area (TPSA) is 51.0 Å². The SMILES string of the molecule is Cc1cc(-c2nnco2)ccc1NC1CCCC1(C)C. The molecule has 1 aromatic heterocycles. The zero-order chi connectivity index (χ0) is 14.2. The number of hydrogen-bond donors (Lipinski definition) is 1. The maximum atomic E-state index is 5.24. The van der Waals surface area contributed by atoms with Crippen LogP contribution >= 0.6 is 0 Å². The van der Waals surface area contributed by atoms with Crippen molar-refractivity contribution in [3.63, 3.8) is 0 Å². The van der Waals surface area contributed by atoms with Gasteiger partial charge in [-0.2, -0.15) is 0 Å². The molecular weight excluding hydrogens is 250 g/mol. The monoisotopic (exact) mass is 271 g/mol. The summed E-state index contributed by atoms with van der Waals surface area (Å²) in [6, 6.07) is 6.79. The van der Waals surface area contributed by atoms with Crippen molar-refractivity contribution >= 4 is 5.69 Å². The van der Waals surface area contributed by atoms with Crippen molar-refractivity contribution in [2.75, 3.05) is 5.32 Å². The number of anilines is 1. The van der Waals surface area contributed by atoms with Crippen LogP contribution in [-0.2, 0) is 0 Å². The molecule has 1 N–H and O–H groups in total. The molecule has 1 atom stereocenters. The molecule has 2 aromatic rings. The molecule has 20 heavy (non-hydrogen) atoms. The van der Waals surface area contributed by atoms with Gasteiger partial charge in [0.1, 0.15) is 0 Å². The summed E-state index contributed by atoms with van der Waals surface area (Å²) in [6.07, 6.45) is 5.21. The molecule has 1 aliphatic carbocycles. The van der Waals surface area contributed by atoms with E-state index in [1.807, 2.05) is 6.07 Å². The number of nitrogens with zero attached hydrogens (tertiary/aromatic N) is 2. The predicted octanol–water partition coefficient (Wildman–Crippen LogP) is 4.04. The molecule has 1 aromatic carbocycles. The quantitative estimate of drug-likeness (QED) is 0.915. The first-order valence-corrected chi connectivity index (χ1v) is 7.20. The lowest BCUT2D eigenvalue weighted by Gasteiger charge is -2.29. The molecule has 1 aliphatic rings. The Kier molecular flexibility index (Phi) is 3.24. The van der Waals surface area contributed by atoms with Gasteiger partial charge in [-0.05, 0) is 48.9 Å². The molecule has 0 amide bonds. The van der Waals surface area contributed by atoms with Crippen molar-refractivity contribution in [2.24, 2.45) is 5.41 Å². The Labute approximate surface area is 119 Å². The van der Waals surface area contributed by atoms with Crippen molar-refractivity contribution in [1.82, 2.24) is 10.2 Å². The zero-order valence-corrected chi connectivity index (χ0v) is 12.3. The molecule has 0 spiro atoms. The summed E-state index contributed by atoms with van der Waals surface area (Å²) in [4.78, 5) is 0. The number of nitrogens with one attached hydrogen (secondary N) is 1. The van der Waals surface area contributed by atoms with Crippen LogP contribution in [0.15, 0.2) is 29.0 Å². The van der Waals surface area contributed by atoms with E-state index in [9.17, 15) is 0 Å². The zero-order valence-electron chi connectivity index (χ0n) is 12.3. The summed E-state index contributed by atoms with van der Waals surface area (Å²) < 4.78 is 5.24. The van der Waals surface area contributed by atoms with E-state index in [4.69, 9.17) is 4.42 Å². The Morgan fingerprint density at radius 3 is 2.80 bits per heavy atom. The van der Waals surface area contributed by atoms with Gasteiger partial charge in [-0.1, -0.05) is 20.3 Å². The van der Waals surface area contributed by atoms with Crippen LogP contribution < -0.4 is 5.32 Å². The lowest BCUT2D eigenvalue weighted by Crippen LogP contribution is -2.31. The molecule has 1 unspecified atom stereocenters. The average Bonchev–Trinajstić information content (AvgIpc) is 3.02. The van der Waals surface area contributed by atoms with Crippen LogP contribution in [0.1, 0.15) is 38.7 Å². The lowest BCUT2D eigenvalue weighted by atomic mass is 9.87. The first-order valence-electron chi connectivity index (χ1n) is 7.20. The number of rotatable bonds is 3. The molecule has 1 saturated carbocycles. The van der Waals surface area contributed by atoms with Crippen LogP contribution in [0.4, 0.5) is 5.69 Å². The van der Waals surface area contributed by atoms with Crippen molar-refractivity contribution < 1.29 is 4.42 Å². The van der Waals surface area contributed by atoms with Crippen LogP contribution in [-0.4, -0.2) is 16.2 Å². The summed E-state index contributed by atoms with van der Waals surface area (Å²) >= 11 is 0. The van der Waals surface area contributed by atoms with E-state index < -0.39 is 0 Å². The summed E-state index contributed by atoms with van der Waals surface area (Å²) in [7, 11) is 0. The largest absolute Gasteiger partial charge is 0.423 e. The Morgan fingerprint density at radius 2 is 2.20 bits per heavy atom. The fourth-order valence-corrected chi connectivity index (χ4v) is 3.04. The van der Waals surface area contributed by atoms with Crippen LogP contribution in [0.5, 0.6) is 0 Å². The van der Waals surface area contributed by atoms with Gasteiger partial charge >= 0.3 is 0 Å². The molecule has 0 aliphatic heterocycles. The number of benzene rings is 1. The van der Waals surface area contributed by atoms with Crippen LogP contribution in [0.3, 0.4) is 0 Å². The van der Waals surface area contributed by atoms with E-state index >= 15 is 0 Å². The number of aromatic nitrogens is 2. The molecule has 0 radical (unpaired) electrons. The van der Waals surface area contributed by atoms with E-state index in [-0.39, 0.29) is 0 Å². The highest BCUT2D eigenvalue weighted by Gasteiger charge is 2.34. The van der Waals surface area contributed by atoms with Crippen molar-refractivity contribution in [1.29, 1.82) is 0 Å². The average molecular weight is 271 g/mol. The standard InChI is InChI=1S/C16H21N3O/c1-11-9-12(15-19-17-10-20-15)6-7-13(11)18-14-5-4-8-16(14,2)3/h6-7,9-10,14,18H,4-5,8H2,1-3H3. The second-order valence-corrected chi connectivity index (χ2v) is 6.35. The first kappa shape index (κ1) is 13.2. The van der Waals surface area contributed by atoms with E-state index in [2.05, 4.69) is 48.4 Å². The maximum absolute atomic E-state index is 5.24. The van der Waals surface area contributed by atoms with Gasteiger partial charge in [-0.15, -0.1) is 10.2 Å². The first-order chi connectivity index (χ1) is 9.56. The van der Waals surface area contributed by atoms with Gasteiger partial charge in [0.2, 0.25) is 12.3 Å². The molecule has 1 fully saturated rings. The van der Waals surface area contributed by atoms with Crippen molar-refractivity contribution in [2.45, 2.75) is 46.1 Å². The van der Waals surface area contributed by atoms with Crippen LogP contribution in [0, 0.1) is 12.3 Å². The summed E-state index contributed by atoms with van der Waals surface area (Å²) in [5.74, 6) is 0.570. The van der Waals surface area contributed by atoms with E-state index in [1.165, 1.54) is 36.9 Å². The maximum Gasteiger partial charge on any atom is 0.247 e. The second kappa shape index (κ2) is 4.93. The van der Waals surface area contributed by atoms with Gasteiger partial charge in [0.05, 0.1) is 0 Å². The predicted molar refractivity (Wildman–Crippen MR) is 79.5 cm³/mol. The Hall–Kier alpha value is -1.84. The molecule has 4 heteroatoms. The number of aryl methyl sites for hydroxylation is 1. The second-order valence-electron chi connectivity index (χ2n) is 6.35. The van der Waals surface area contributed by atoms with Gasteiger partial charge in [0, 0.05) is 17.3 Å². The smallest absolute Gasteiger partial charge is 0.247 e. The number of hydrogen-bond acceptors (Lipinski definition) is 4. The summed E-state index contributed by atoms with van der Waals surface area (Å²) in [6.45, 7) is 6.81. The molecule has 1 heterocycles. The summed E-state index contributed by atoms with van der Waals surface area (Å²) in [5.41, 5.74) is 3.75. The van der Waals surface area contributed by atoms with Gasteiger partial charge in [0.15, 0.2) is 0 Å². The van der Waals surface area contributed by atoms with Crippen molar-refractivity contribution in [3.05, 3.63) is 30.2 Å². The molecule has 0 bridgehead atoms. The lowest BCUT2D eigenvalue weighted by molar-refractivity contribution is 0.350. The minimum absolute atomic E-state index is 0.373. The van der Waals surface area contributed by atoms with Gasteiger partial charge in [-0.25, -0.2) is 0 Å². The molecule has 0 saturated heterocycles. The molecule has 4 nitrogen and oxygen atoms in total. The third-order valence-corrected chi connectivity index (χ3v) is 4.42. The third kappa shape index (κ3) is 2.42. The van der Waals surface area contributed by atoms with E-state index in [1.54, 1.807) is 0 Å². The normalized spacial score (nSPS) is 21.1. The van der Waals surface area contributed by atoms with Crippen LogP contribution in [0.25, 0.3) is 11.5 Å². The highest BCUT2D eigenvalue weighted by Crippen LogP contribution is 2.39. The minimum Gasteiger partial charge on any atom is -0.423 e. The minimum atomic E-state index is 0.373. The van der Waals surface area contributed by atoms with Crippen molar-refractivity contribution in [3.8, 4) is 11.5 Å². The van der Waals surface area contributed by atoms with Gasteiger partial charge < -0.3 is 9.73 Å². The Balaban J connectivity index is 1.81. The van der Waals surface area contributed by atoms with Crippen LogP contribution in [0.2, 0.25) is 0 Å². The Bertz CT molecular complexity index is 590. The third-order valence-electron chi connectivity index (χ3n) is 4.42. The highest BCUT2D eigenvalue weighted by molar-refractivity contribution is 5.62. The highest BCUT2D eigenvalue weighted by atomic mass is 16.4. The fourth-order valence-electron chi connectivity index (χ4n) is 3.04. The summed E-state index contributed by atoms with van der Waals surface area (Å²) in [5, 5.41) is 11.4. The van der Waals surface area contributed by atoms with Gasteiger partial charge in [0.25, 0.3) is 0 Å². The molecule has 3 rings (SSSR count). The van der Waals surface area contributed by atoms with E-state index in [0.717, 1.165) is 5.56 Å². The van der Waals surface area contributed by atoms with Gasteiger partial charge in [-0.3, -0.25) is 0 Å². The Morgan fingerprint density at radius 1 is 1.35 bits per heavy atom. The van der Waals surface area contributed by atoms with E-state index in [0.29, 0.717) is 17.3 Å².